The van der Waals surface area contributed by atoms with Gasteiger partial charge in [0.15, 0.2) is 0 Å². The number of ether oxygens (including phenoxy) is 1. The van der Waals surface area contributed by atoms with E-state index in [4.69, 9.17) is 5.73 Å². The number of likely N-dealkylation sites (tertiary alicyclic amines) is 1. The Balaban J connectivity index is 2.10. The molecule has 1 saturated heterocycles. The van der Waals surface area contributed by atoms with E-state index in [1.807, 2.05) is 0 Å². The number of hydrogen-bond donors (Lipinski definition) is 1. The Kier molecular flexibility index (Phi) is 4.31. The van der Waals surface area contributed by atoms with Crippen molar-refractivity contribution in [2.24, 2.45) is 5.73 Å². The SMILES string of the molecule is N[C@@H]1CCCN(C(=O)c2cccc(OC(F)F)c2)C1. The van der Waals surface area contributed by atoms with Gasteiger partial charge >= 0.3 is 6.61 Å². The number of nitrogens with zero attached hydrogens (tertiary/aromatic N) is 1. The topological polar surface area (TPSA) is 55.6 Å². The maximum absolute atomic E-state index is 12.2. The van der Waals surface area contributed by atoms with E-state index in [0.29, 0.717) is 18.7 Å². The Hall–Kier alpha value is -1.69. The Labute approximate surface area is 110 Å². The molecule has 2 rings (SSSR count). The predicted octanol–water partition coefficient (Wildman–Crippen LogP) is 1.85. The first kappa shape index (κ1) is 13.7. The third-order valence-electron chi connectivity index (χ3n) is 3.05. The van der Waals surface area contributed by atoms with Gasteiger partial charge in [-0.2, -0.15) is 8.78 Å². The lowest BCUT2D eigenvalue weighted by molar-refractivity contribution is -0.0499. The molecule has 1 aliphatic heterocycles. The minimum absolute atomic E-state index is 0.0119. The Bertz CT molecular complexity index is 454. The maximum Gasteiger partial charge on any atom is 0.387 e. The zero-order valence-electron chi connectivity index (χ0n) is 10.4. The summed E-state index contributed by atoms with van der Waals surface area (Å²) in [6, 6.07) is 5.81. The molecule has 0 aromatic heterocycles. The van der Waals surface area contributed by atoms with Crippen LogP contribution in [0.5, 0.6) is 5.75 Å². The van der Waals surface area contributed by atoms with Gasteiger partial charge in [0, 0.05) is 24.7 Å². The van der Waals surface area contributed by atoms with Crippen LogP contribution in [0.4, 0.5) is 8.78 Å². The number of piperidine rings is 1. The molecular weight excluding hydrogens is 254 g/mol. The molecule has 1 aromatic rings. The molecule has 1 aliphatic rings. The monoisotopic (exact) mass is 270 g/mol. The molecule has 104 valence electrons. The Morgan fingerprint density at radius 1 is 1.47 bits per heavy atom. The molecule has 0 aliphatic carbocycles. The van der Waals surface area contributed by atoms with Crippen molar-refractivity contribution >= 4 is 5.91 Å². The van der Waals surface area contributed by atoms with Gasteiger partial charge in [-0.25, -0.2) is 0 Å². The van der Waals surface area contributed by atoms with Crippen molar-refractivity contribution in [1.29, 1.82) is 0 Å². The van der Waals surface area contributed by atoms with Gasteiger partial charge in [0.1, 0.15) is 5.75 Å². The number of amides is 1. The van der Waals surface area contributed by atoms with Crippen LogP contribution in [0.25, 0.3) is 0 Å². The molecule has 1 heterocycles. The van der Waals surface area contributed by atoms with E-state index < -0.39 is 6.61 Å². The maximum atomic E-state index is 12.2. The highest BCUT2D eigenvalue weighted by Gasteiger charge is 2.22. The molecule has 0 saturated carbocycles. The van der Waals surface area contributed by atoms with E-state index >= 15 is 0 Å². The molecular formula is C13H16F2N2O2. The summed E-state index contributed by atoms with van der Waals surface area (Å²) in [5.41, 5.74) is 6.16. The Morgan fingerprint density at radius 3 is 2.95 bits per heavy atom. The molecule has 1 aromatic carbocycles. The fourth-order valence-corrected chi connectivity index (χ4v) is 2.18. The highest BCUT2D eigenvalue weighted by Crippen LogP contribution is 2.19. The predicted molar refractivity (Wildman–Crippen MR) is 66.2 cm³/mol. The Morgan fingerprint density at radius 2 is 2.26 bits per heavy atom. The normalized spacial score (nSPS) is 19.6. The lowest BCUT2D eigenvalue weighted by Gasteiger charge is -2.30. The van der Waals surface area contributed by atoms with Crippen LogP contribution in [0.15, 0.2) is 24.3 Å². The molecule has 1 atom stereocenters. The van der Waals surface area contributed by atoms with Gasteiger partial charge < -0.3 is 15.4 Å². The third-order valence-corrected chi connectivity index (χ3v) is 3.05. The highest BCUT2D eigenvalue weighted by molar-refractivity contribution is 5.94. The number of benzene rings is 1. The van der Waals surface area contributed by atoms with Crippen molar-refractivity contribution in [3.05, 3.63) is 29.8 Å². The van der Waals surface area contributed by atoms with Crippen molar-refractivity contribution in [2.45, 2.75) is 25.5 Å². The number of halogens is 2. The molecule has 1 fully saturated rings. The minimum Gasteiger partial charge on any atom is -0.435 e. The number of carbonyl (C=O) groups is 1. The van der Waals surface area contributed by atoms with Crippen LogP contribution in [0.2, 0.25) is 0 Å². The lowest BCUT2D eigenvalue weighted by Crippen LogP contribution is -2.45. The van der Waals surface area contributed by atoms with E-state index in [9.17, 15) is 13.6 Å². The average molecular weight is 270 g/mol. The van der Waals surface area contributed by atoms with Gasteiger partial charge in [-0.3, -0.25) is 4.79 Å². The van der Waals surface area contributed by atoms with Crippen molar-refractivity contribution in [1.82, 2.24) is 4.90 Å². The van der Waals surface area contributed by atoms with Crippen molar-refractivity contribution in [2.75, 3.05) is 13.1 Å². The van der Waals surface area contributed by atoms with E-state index in [2.05, 4.69) is 4.74 Å². The number of nitrogens with two attached hydrogens (primary N) is 1. The molecule has 19 heavy (non-hydrogen) atoms. The molecule has 0 unspecified atom stereocenters. The van der Waals surface area contributed by atoms with Crippen LogP contribution in [0, 0.1) is 0 Å². The molecule has 6 heteroatoms. The van der Waals surface area contributed by atoms with Crippen molar-refractivity contribution in [3.63, 3.8) is 0 Å². The van der Waals surface area contributed by atoms with Crippen molar-refractivity contribution in [3.8, 4) is 5.75 Å². The second kappa shape index (κ2) is 5.97. The van der Waals surface area contributed by atoms with Gasteiger partial charge in [0.05, 0.1) is 0 Å². The lowest BCUT2D eigenvalue weighted by atomic mass is 10.1. The van der Waals surface area contributed by atoms with Crippen LogP contribution in [-0.2, 0) is 0 Å². The minimum atomic E-state index is -2.89. The van der Waals surface area contributed by atoms with Crippen LogP contribution < -0.4 is 10.5 Å². The molecule has 0 bridgehead atoms. The molecule has 0 spiro atoms. The van der Waals surface area contributed by atoms with Crippen LogP contribution in [-0.4, -0.2) is 36.5 Å². The first-order chi connectivity index (χ1) is 9.06. The van der Waals surface area contributed by atoms with Gasteiger partial charge in [-0.1, -0.05) is 6.07 Å². The van der Waals surface area contributed by atoms with Gasteiger partial charge in [0.2, 0.25) is 0 Å². The van der Waals surface area contributed by atoms with E-state index in [1.54, 1.807) is 11.0 Å². The van der Waals surface area contributed by atoms with Crippen LogP contribution in [0.1, 0.15) is 23.2 Å². The molecule has 4 nitrogen and oxygen atoms in total. The second-order valence-corrected chi connectivity index (χ2v) is 4.56. The standard InChI is InChI=1S/C13H16F2N2O2/c14-13(15)19-11-5-1-3-9(7-11)12(18)17-6-2-4-10(16)8-17/h1,3,5,7,10,13H,2,4,6,8,16H2/t10-/m1/s1. The molecule has 1 amide bonds. The summed E-state index contributed by atoms with van der Waals surface area (Å²) < 4.78 is 28.5. The molecule has 0 radical (unpaired) electrons. The summed E-state index contributed by atoms with van der Waals surface area (Å²) in [6.07, 6.45) is 1.76. The fourth-order valence-electron chi connectivity index (χ4n) is 2.18. The largest absolute Gasteiger partial charge is 0.435 e. The number of alkyl halides is 2. The number of rotatable bonds is 3. The summed E-state index contributed by atoms with van der Waals surface area (Å²) in [7, 11) is 0. The zero-order valence-corrected chi connectivity index (χ0v) is 10.4. The molecule has 2 N–H and O–H groups in total. The van der Waals surface area contributed by atoms with E-state index in [0.717, 1.165) is 12.8 Å². The highest BCUT2D eigenvalue weighted by atomic mass is 19.3. The summed E-state index contributed by atoms with van der Waals surface area (Å²) in [4.78, 5) is 13.9. The summed E-state index contributed by atoms with van der Waals surface area (Å²) in [5.74, 6) is -0.211. The summed E-state index contributed by atoms with van der Waals surface area (Å²) in [6.45, 7) is -1.75. The van der Waals surface area contributed by atoms with Crippen molar-refractivity contribution < 1.29 is 18.3 Å². The zero-order chi connectivity index (χ0) is 13.8. The first-order valence-corrected chi connectivity index (χ1v) is 6.16. The van der Waals surface area contributed by atoms with Crippen LogP contribution in [0.3, 0.4) is 0 Å². The average Bonchev–Trinajstić information content (AvgIpc) is 2.37. The summed E-state index contributed by atoms with van der Waals surface area (Å²) >= 11 is 0. The van der Waals surface area contributed by atoms with Gasteiger partial charge in [0.25, 0.3) is 5.91 Å². The fraction of sp³-hybridized carbons (Fsp3) is 0.462. The second-order valence-electron chi connectivity index (χ2n) is 4.56. The number of carbonyl (C=O) groups excluding carboxylic acids is 1. The van der Waals surface area contributed by atoms with Crippen LogP contribution >= 0.6 is 0 Å². The first-order valence-electron chi connectivity index (χ1n) is 6.16. The van der Waals surface area contributed by atoms with Gasteiger partial charge in [-0.15, -0.1) is 0 Å². The number of hydrogen-bond acceptors (Lipinski definition) is 3. The smallest absolute Gasteiger partial charge is 0.387 e. The van der Waals surface area contributed by atoms with E-state index in [-0.39, 0.29) is 17.7 Å². The quantitative estimate of drug-likeness (QED) is 0.912. The third kappa shape index (κ3) is 3.64. The summed E-state index contributed by atoms with van der Waals surface area (Å²) in [5, 5.41) is 0. The van der Waals surface area contributed by atoms with E-state index in [1.165, 1.54) is 18.2 Å². The van der Waals surface area contributed by atoms with Gasteiger partial charge in [-0.05, 0) is 31.0 Å².